The second kappa shape index (κ2) is 6.60. The minimum absolute atomic E-state index is 0.0866. The summed E-state index contributed by atoms with van der Waals surface area (Å²) >= 11 is 0. The topological polar surface area (TPSA) is 85.7 Å². The zero-order valence-electron chi connectivity index (χ0n) is 15.5. The Morgan fingerprint density at radius 1 is 1.07 bits per heavy atom. The van der Waals surface area contributed by atoms with Gasteiger partial charge in [0, 0.05) is 38.5 Å². The molecular weight excluding hydrogens is 348 g/mol. The van der Waals surface area contributed by atoms with Crippen LogP contribution in [0.5, 0.6) is 0 Å². The van der Waals surface area contributed by atoms with Crippen LogP contribution in [0.15, 0.2) is 0 Å². The number of nitrogens with one attached hydrogen (secondary N) is 1. The van der Waals surface area contributed by atoms with Gasteiger partial charge in [-0.25, -0.2) is 4.98 Å². The number of hydrogen-bond donors (Lipinski definition) is 1. The monoisotopic (exact) mass is 374 g/mol. The van der Waals surface area contributed by atoms with Crippen LogP contribution >= 0.6 is 0 Å². The van der Waals surface area contributed by atoms with Crippen molar-refractivity contribution in [3.05, 3.63) is 17.2 Å². The van der Waals surface area contributed by atoms with Gasteiger partial charge in [-0.15, -0.1) is 0 Å². The third kappa shape index (κ3) is 3.14. The number of aromatic nitrogens is 2. The highest BCUT2D eigenvalue weighted by Gasteiger charge is 2.42. The molecule has 0 atom stereocenters. The van der Waals surface area contributed by atoms with Crippen LogP contribution in [0.2, 0.25) is 0 Å². The minimum atomic E-state index is -0.502. The molecule has 5 rings (SSSR count). The molecule has 8 nitrogen and oxygen atoms in total. The van der Waals surface area contributed by atoms with E-state index in [-0.39, 0.29) is 17.9 Å². The number of carbonyl (C=O) groups excluding carboxylic acids is 2. The molecule has 27 heavy (non-hydrogen) atoms. The molecule has 8 heteroatoms. The summed E-state index contributed by atoms with van der Waals surface area (Å²) in [7, 11) is 0. The molecular formula is C19H26N4O4. The summed E-state index contributed by atoms with van der Waals surface area (Å²) in [6.07, 6.45) is 6.28. The number of rotatable bonds is 3. The highest BCUT2D eigenvalue weighted by molar-refractivity contribution is 5.97. The molecule has 1 spiro atoms. The Balaban J connectivity index is 1.36. The highest BCUT2D eigenvalue weighted by Crippen LogP contribution is 2.32. The number of ether oxygens (including phenoxy) is 2. The summed E-state index contributed by atoms with van der Waals surface area (Å²) in [5.74, 6) is -0.308. The first-order valence-corrected chi connectivity index (χ1v) is 10.1. The predicted octanol–water partition coefficient (Wildman–Crippen LogP) is 1.09. The van der Waals surface area contributed by atoms with Gasteiger partial charge in [0.15, 0.2) is 11.6 Å². The van der Waals surface area contributed by atoms with Crippen molar-refractivity contribution in [2.45, 2.75) is 63.3 Å². The fraction of sp³-hybridized carbons (Fsp3) is 0.737. The summed E-state index contributed by atoms with van der Waals surface area (Å²) in [6, 6.07) is 0.280. The van der Waals surface area contributed by atoms with Crippen molar-refractivity contribution >= 4 is 11.8 Å². The molecule has 0 bridgehead atoms. The van der Waals surface area contributed by atoms with Gasteiger partial charge < -0.3 is 24.3 Å². The first kappa shape index (κ1) is 17.2. The first-order chi connectivity index (χ1) is 13.2. The molecule has 1 saturated carbocycles. The Morgan fingerprint density at radius 2 is 1.81 bits per heavy atom. The van der Waals surface area contributed by atoms with E-state index in [1.54, 1.807) is 0 Å². The molecule has 1 N–H and O–H groups in total. The number of carbonyl (C=O) groups is 2. The molecule has 0 aromatic carbocycles. The number of likely N-dealkylation sites (tertiary alicyclic amines) is 1. The standard InChI is InChI=1S/C19H26N4O4/c24-17(20-13-4-5-13)15-14-3-1-2-8-23(14)16(21-15)18(25)22-9-6-19(7-10-22)26-11-12-27-19/h13H,1-12H2,(H,20,24). The Bertz CT molecular complexity index is 754. The summed E-state index contributed by atoms with van der Waals surface area (Å²) < 4.78 is 13.5. The predicted molar refractivity (Wildman–Crippen MR) is 95.4 cm³/mol. The van der Waals surface area contributed by atoms with Crippen molar-refractivity contribution in [3.8, 4) is 0 Å². The number of fused-ring (bicyclic) bond motifs is 1. The number of imidazole rings is 1. The van der Waals surface area contributed by atoms with E-state index in [0.29, 0.717) is 50.7 Å². The van der Waals surface area contributed by atoms with Gasteiger partial charge in [-0.2, -0.15) is 0 Å². The molecule has 146 valence electrons. The summed E-state index contributed by atoms with van der Waals surface area (Å²) in [5.41, 5.74) is 1.36. The zero-order valence-corrected chi connectivity index (χ0v) is 15.5. The SMILES string of the molecule is O=C(NC1CC1)c1nc(C(=O)N2CCC3(CC2)OCCO3)n2c1CCCC2. The van der Waals surface area contributed by atoms with Crippen LogP contribution in [0, 0.1) is 0 Å². The highest BCUT2D eigenvalue weighted by atomic mass is 16.7. The maximum atomic E-state index is 13.2. The molecule has 1 aromatic heterocycles. The summed E-state index contributed by atoms with van der Waals surface area (Å²) in [4.78, 5) is 32.1. The van der Waals surface area contributed by atoms with E-state index in [4.69, 9.17) is 9.47 Å². The fourth-order valence-corrected chi connectivity index (χ4v) is 4.35. The molecule has 4 aliphatic rings. The van der Waals surface area contributed by atoms with Gasteiger partial charge in [-0.05, 0) is 32.1 Å². The molecule has 1 aromatic rings. The number of amides is 2. The smallest absolute Gasteiger partial charge is 0.289 e. The van der Waals surface area contributed by atoms with Crippen LogP contribution in [0.3, 0.4) is 0 Å². The Kier molecular flexibility index (Phi) is 4.20. The van der Waals surface area contributed by atoms with E-state index in [9.17, 15) is 9.59 Å². The Morgan fingerprint density at radius 3 is 2.52 bits per heavy atom. The third-order valence-corrected chi connectivity index (χ3v) is 6.06. The van der Waals surface area contributed by atoms with Crippen LogP contribution in [0.25, 0.3) is 0 Å². The van der Waals surface area contributed by atoms with Crippen molar-refractivity contribution in [3.63, 3.8) is 0 Å². The van der Waals surface area contributed by atoms with Crippen molar-refractivity contribution < 1.29 is 19.1 Å². The molecule has 0 unspecified atom stereocenters. The van der Waals surface area contributed by atoms with Gasteiger partial charge in [0.05, 0.1) is 18.9 Å². The average Bonchev–Trinajstić information content (AvgIpc) is 3.25. The second-order valence-corrected chi connectivity index (χ2v) is 7.99. The zero-order chi connectivity index (χ0) is 18.4. The van der Waals surface area contributed by atoms with Crippen molar-refractivity contribution in [2.24, 2.45) is 0 Å². The lowest BCUT2D eigenvalue weighted by Crippen LogP contribution is -2.47. The van der Waals surface area contributed by atoms with Crippen LogP contribution in [0.4, 0.5) is 0 Å². The van der Waals surface area contributed by atoms with Crippen molar-refractivity contribution in [1.82, 2.24) is 19.8 Å². The van der Waals surface area contributed by atoms with Crippen molar-refractivity contribution in [1.29, 1.82) is 0 Å². The van der Waals surface area contributed by atoms with E-state index in [1.165, 1.54) is 0 Å². The molecule has 2 saturated heterocycles. The lowest BCUT2D eigenvalue weighted by Gasteiger charge is -2.37. The number of nitrogens with zero attached hydrogens (tertiary/aromatic N) is 3. The summed E-state index contributed by atoms with van der Waals surface area (Å²) in [5, 5.41) is 3.01. The van der Waals surface area contributed by atoms with Crippen LogP contribution in [-0.4, -0.2) is 64.4 Å². The van der Waals surface area contributed by atoms with E-state index in [0.717, 1.165) is 44.3 Å². The molecule has 1 aliphatic carbocycles. The third-order valence-electron chi connectivity index (χ3n) is 6.06. The quantitative estimate of drug-likeness (QED) is 0.856. The van der Waals surface area contributed by atoms with Gasteiger partial charge >= 0.3 is 0 Å². The van der Waals surface area contributed by atoms with Gasteiger partial charge in [0.1, 0.15) is 5.69 Å². The second-order valence-electron chi connectivity index (χ2n) is 7.99. The van der Waals surface area contributed by atoms with Gasteiger partial charge in [0.25, 0.3) is 11.8 Å². The van der Waals surface area contributed by atoms with E-state index >= 15 is 0 Å². The van der Waals surface area contributed by atoms with E-state index in [1.807, 2.05) is 9.47 Å². The molecule has 4 heterocycles. The van der Waals surface area contributed by atoms with Gasteiger partial charge in [0.2, 0.25) is 0 Å². The van der Waals surface area contributed by atoms with E-state index < -0.39 is 5.79 Å². The van der Waals surface area contributed by atoms with Gasteiger partial charge in [-0.1, -0.05) is 0 Å². The fourth-order valence-electron chi connectivity index (χ4n) is 4.35. The maximum Gasteiger partial charge on any atom is 0.289 e. The number of hydrogen-bond acceptors (Lipinski definition) is 5. The molecule has 0 radical (unpaired) electrons. The van der Waals surface area contributed by atoms with Crippen LogP contribution < -0.4 is 5.32 Å². The van der Waals surface area contributed by atoms with Crippen molar-refractivity contribution in [2.75, 3.05) is 26.3 Å². The molecule has 2 amide bonds. The van der Waals surface area contributed by atoms with Crippen LogP contribution in [0.1, 0.15) is 65.3 Å². The maximum absolute atomic E-state index is 13.2. The largest absolute Gasteiger partial charge is 0.348 e. The average molecular weight is 374 g/mol. The summed E-state index contributed by atoms with van der Waals surface area (Å²) in [6.45, 7) is 3.18. The first-order valence-electron chi connectivity index (χ1n) is 10.1. The van der Waals surface area contributed by atoms with Crippen LogP contribution in [-0.2, 0) is 22.4 Å². The normalized spacial score (nSPS) is 24.1. The minimum Gasteiger partial charge on any atom is -0.348 e. The lowest BCUT2D eigenvalue weighted by molar-refractivity contribution is -0.181. The van der Waals surface area contributed by atoms with Gasteiger partial charge in [-0.3, -0.25) is 9.59 Å². The lowest BCUT2D eigenvalue weighted by atomic mass is 10.0. The Labute approximate surface area is 158 Å². The molecule has 3 aliphatic heterocycles. The Hall–Kier alpha value is -1.93. The van der Waals surface area contributed by atoms with E-state index in [2.05, 4.69) is 10.3 Å². The molecule has 3 fully saturated rings. The number of piperidine rings is 1.